The van der Waals surface area contributed by atoms with Gasteiger partial charge in [-0.2, -0.15) is 0 Å². The highest BCUT2D eigenvalue weighted by Gasteiger charge is 2.27. The third-order valence-electron chi connectivity index (χ3n) is 3.85. The summed E-state index contributed by atoms with van der Waals surface area (Å²) in [6.07, 6.45) is 1.20. The zero-order chi connectivity index (χ0) is 14.0. The molecule has 0 amide bonds. The summed E-state index contributed by atoms with van der Waals surface area (Å²) >= 11 is 0. The molecule has 3 nitrogen and oxygen atoms in total. The van der Waals surface area contributed by atoms with Crippen LogP contribution in [0.4, 0.5) is 8.78 Å². The van der Waals surface area contributed by atoms with E-state index in [-0.39, 0.29) is 12.0 Å². The summed E-state index contributed by atoms with van der Waals surface area (Å²) in [5.74, 6) is -2.72. The van der Waals surface area contributed by atoms with Gasteiger partial charge in [-0.1, -0.05) is 6.07 Å². The van der Waals surface area contributed by atoms with Gasteiger partial charge in [0.25, 0.3) is 0 Å². The van der Waals surface area contributed by atoms with E-state index in [1.165, 1.54) is 6.07 Å². The van der Waals surface area contributed by atoms with Crippen molar-refractivity contribution in [2.24, 2.45) is 5.92 Å². The van der Waals surface area contributed by atoms with E-state index in [4.69, 9.17) is 5.11 Å². The number of piperidine rings is 1. The number of benzene rings is 1. The average molecular weight is 269 g/mol. The number of rotatable bonds is 3. The van der Waals surface area contributed by atoms with Gasteiger partial charge in [-0.3, -0.25) is 9.69 Å². The van der Waals surface area contributed by atoms with Gasteiger partial charge in [0.15, 0.2) is 11.6 Å². The minimum absolute atomic E-state index is 0.0372. The molecule has 1 fully saturated rings. The van der Waals surface area contributed by atoms with E-state index < -0.39 is 17.6 Å². The van der Waals surface area contributed by atoms with Crippen LogP contribution in [0.2, 0.25) is 0 Å². The normalized spacial score (nSPS) is 19.3. The SMILES string of the molecule is CC(c1ccc(F)c(F)c1)N1CCC(C(=O)O)CC1. The Labute approximate surface area is 110 Å². The Hall–Kier alpha value is -1.49. The molecule has 0 spiro atoms. The quantitative estimate of drug-likeness (QED) is 0.917. The molecule has 0 radical (unpaired) electrons. The molecule has 1 atom stereocenters. The highest BCUT2D eigenvalue weighted by atomic mass is 19.2. The molecule has 1 aromatic rings. The van der Waals surface area contributed by atoms with Crippen LogP contribution < -0.4 is 0 Å². The lowest BCUT2D eigenvalue weighted by Gasteiger charge is -2.35. The molecular weight excluding hydrogens is 252 g/mol. The molecule has 2 rings (SSSR count). The average Bonchev–Trinajstić information content (AvgIpc) is 2.41. The fourth-order valence-electron chi connectivity index (χ4n) is 2.52. The van der Waals surface area contributed by atoms with Crippen LogP contribution in [0.1, 0.15) is 31.4 Å². The van der Waals surface area contributed by atoms with E-state index in [9.17, 15) is 13.6 Å². The molecule has 1 unspecified atom stereocenters. The van der Waals surface area contributed by atoms with Crippen LogP contribution in [0.25, 0.3) is 0 Å². The molecule has 104 valence electrons. The van der Waals surface area contributed by atoms with E-state index in [0.717, 1.165) is 6.07 Å². The first kappa shape index (κ1) is 13.9. The Morgan fingerprint density at radius 2 is 1.95 bits per heavy atom. The van der Waals surface area contributed by atoms with Crippen molar-refractivity contribution in [2.75, 3.05) is 13.1 Å². The second kappa shape index (κ2) is 5.65. The summed E-state index contributed by atoms with van der Waals surface area (Å²) in [6.45, 7) is 3.25. The second-order valence-corrected chi connectivity index (χ2v) is 5.00. The first-order chi connectivity index (χ1) is 8.99. The van der Waals surface area contributed by atoms with Crippen molar-refractivity contribution < 1.29 is 18.7 Å². The van der Waals surface area contributed by atoms with Crippen LogP contribution >= 0.6 is 0 Å². The van der Waals surface area contributed by atoms with E-state index in [0.29, 0.717) is 31.5 Å². The van der Waals surface area contributed by atoms with Crippen molar-refractivity contribution >= 4 is 5.97 Å². The zero-order valence-corrected chi connectivity index (χ0v) is 10.8. The fourth-order valence-corrected chi connectivity index (χ4v) is 2.52. The Morgan fingerprint density at radius 1 is 1.32 bits per heavy atom. The Kier molecular flexibility index (Phi) is 4.14. The van der Waals surface area contributed by atoms with E-state index in [1.807, 2.05) is 6.92 Å². The predicted octanol–water partition coefficient (Wildman–Crippen LogP) is 2.82. The molecule has 5 heteroatoms. The number of likely N-dealkylation sites (tertiary alicyclic amines) is 1. The van der Waals surface area contributed by atoms with E-state index in [1.54, 1.807) is 6.07 Å². The van der Waals surface area contributed by atoms with Crippen LogP contribution in [0.15, 0.2) is 18.2 Å². The molecule has 0 bridgehead atoms. The molecule has 1 saturated heterocycles. The van der Waals surface area contributed by atoms with Gasteiger partial charge in [0.2, 0.25) is 0 Å². The summed E-state index contributed by atoms with van der Waals surface area (Å²) in [7, 11) is 0. The Morgan fingerprint density at radius 3 is 2.47 bits per heavy atom. The van der Waals surface area contributed by atoms with Crippen molar-refractivity contribution in [3.63, 3.8) is 0 Å². The summed E-state index contributed by atoms with van der Waals surface area (Å²) in [4.78, 5) is 13.0. The third kappa shape index (κ3) is 3.10. The maximum atomic E-state index is 13.2. The molecule has 0 saturated carbocycles. The van der Waals surface area contributed by atoms with Crippen LogP contribution in [0, 0.1) is 17.6 Å². The van der Waals surface area contributed by atoms with Gasteiger partial charge < -0.3 is 5.11 Å². The number of halogens is 2. The molecule has 0 aliphatic carbocycles. The van der Waals surface area contributed by atoms with Gasteiger partial charge >= 0.3 is 5.97 Å². The zero-order valence-electron chi connectivity index (χ0n) is 10.8. The monoisotopic (exact) mass is 269 g/mol. The van der Waals surface area contributed by atoms with Gasteiger partial charge in [0.1, 0.15) is 0 Å². The number of carboxylic acids is 1. The minimum Gasteiger partial charge on any atom is -0.481 e. The molecule has 1 aromatic carbocycles. The van der Waals surface area contributed by atoms with Crippen LogP contribution in [0.3, 0.4) is 0 Å². The molecule has 1 N–H and O–H groups in total. The molecule has 0 aromatic heterocycles. The largest absolute Gasteiger partial charge is 0.481 e. The topological polar surface area (TPSA) is 40.5 Å². The van der Waals surface area contributed by atoms with Crippen molar-refractivity contribution in [3.8, 4) is 0 Å². The molecule has 1 heterocycles. The lowest BCUT2D eigenvalue weighted by Crippen LogP contribution is -2.37. The summed E-state index contributed by atoms with van der Waals surface area (Å²) in [6, 6.07) is 3.88. The minimum atomic E-state index is -0.847. The van der Waals surface area contributed by atoms with Crippen LogP contribution in [-0.4, -0.2) is 29.1 Å². The van der Waals surface area contributed by atoms with Gasteiger partial charge in [-0.15, -0.1) is 0 Å². The summed E-state index contributed by atoms with van der Waals surface area (Å²) < 4.78 is 26.1. The van der Waals surface area contributed by atoms with Gasteiger partial charge in [-0.25, -0.2) is 8.78 Å². The molecular formula is C14H17F2NO2. The molecule has 1 aliphatic rings. The number of carboxylic acid groups (broad SMARTS) is 1. The van der Waals surface area contributed by atoms with Gasteiger partial charge in [-0.05, 0) is 50.6 Å². The van der Waals surface area contributed by atoms with Crippen molar-refractivity contribution in [3.05, 3.63) is 35.4 Å². The summed E-state index contributed by atoms with van der Waals surface area (Å²) in [5, 5.41) is 8.94. The highest BCUT2D eigenvalue weighted by Crippen LogP contribution is 2.27. The van der Waals surface area contributed by atoms with Gasteiger partial charge in [0.05, 0.1) is 5.92 Å². The van der Waals surface area contributed by atoms with Crippen molar-refractivity contribution in [1.29, 1.82) is 0 Å². The number of nitrogens with zero attached hydrogens (tertiary/aromatic N) is 1. The fraction of sp³-hybridized carbons (Fsp3) is 0.500. The van der Waals surface area contributed by atoms with Gasteiger partial charge in [0, 0.05) is 6.04 Å². The smallest absolute Gasteiger partial charge is 0.306 e. The standard InChI is InChI=1S/C14H17F2NO2/c1-9(11-2-3-12(15)13(16)8-11)17-6-4-10(5-7-17)14(18)19/h2-3,8-10H,4-7H2,1H3,(H,18,19). The maximum absolute atomic E-state index is 13.2. The first-order valence-corrected chi connectivity index (χ1v) is 6.41. The van der Waals surface area contributed by atoms with E-state index >= 15 is 0 Å². The van der Waals surface area contributed by atoms with Crippen molar-refractivity contribution in [2.45, 2.75) is 25.8 Å². The summed E-state index contributed by atoms with van der Waals surface area (Å²) in [5.41, 5.74) is 0.715. The number of aliphatic carboxylic acids is 1. The van der Waals surface area contributed by atoms with Crippen LogP contribution in [0.5, 0.6) is 0 Å². The second-order valence-electron chi connectivity index (χ2n) is 5.00. The lowest BCUT2D eigenvalue weighted by molar-refractivity contribution is -0.143. The first-order valence-electron chi connectivity index (χ1n) is 6.41. The van der Waals surface area contributed by atoms with Crippen molar-refractivity contribution in [1.82, 2.24) is 4.90 Å². The highest BCUT2D eigenvalue weighted by molar-refractivity contribution is 5.70. The molecule has 1 aliphatic heterocycles. The number of carbonyl (C=O) groups is 1. The predicted molar refractivity (Wildman–Crippen MR) is 66.7 cm³/mol. The Balaban J connectivity index is 2.02. The molecule has 19 heavy (non-hydrogen) atoms. The number of hydrogen-bond acceptors (Lipinski definition) is 2. The number of hydrogen-bond donors (Lipinski definition) is 1. The van der Waals surface area contributed by atoms with E-state index in [2.05, 4.69) is 4.90 Å². The Bertz CT molecular complexity index is 471. The lowest BCUT2D eigenvalue weighted by atomic mass is 9.95. The third-order valence-corrected chi connectivity index (χ3v) is 3.85. The maximum Gasteiger partial charge on any atom is 0.306 e. The van der Waals surface area contributed by atoms with Crippen LogP contribution in [-0.2, 0) is 4.79 Å².